The average Bonchev–Trinajstić information content (AvgIpc) is 2.69. The van der Waals surface area contributed by atoms with Crippen molar-refractivity contribution in [2.45, 2.75) is 18.9 Å². The van der Waals surface area contributed by atoms with Gasteiger partial charge in [-0.1, -0.05) is 66.7 Å². The molecule has 0 saturated heterocycles. The molecular weight excluding hydrogens is 326 g/mol. The Hall–Kier alpha value is -3.27. The molecule has 2 aromatic carbocycles. The average molecular weight is 345 g/mol. The standard InChI is InChI=1S/C22H19NO3/c1-16(24)26-22(19-14-8-9-15-23-19)20(17-10-4-2-5-11-17)21(25)18-12-6-3-7-13-18/h2-15,20,22H,1H3. The van der Waals surface area contributed by atoms with E-state index in [0.717, 1.165) is 5.56 Å². The summed E-state index contributed by atoms with van der Waals surface area (Å²) in [7, 11) is 0. The molecule has 2 unspecified atom stereocenters. The fourth-order valence-electron chi connectivity index (χ4n) is 2.93. The van der Waals surface area contributed by atoms with Crippen LogP contribution in [0.4, 0.5) is 0 Å². The Labute approximate surface area is 152 Å². The highest BCUT2D eigenvalue weighted by atomic mass is 16.5. The van der Waals surface area contributed by atoms with E-state index in [2.05, 4.69) is 4.98 Å². The molecule has 1 aromatic heterocycles. The van der Waals surface area contributed by atoms with E-state index in [1.807, 2.05) is 54.6 Å². The third-order valence-corrected chi connectivity index (χ3v) is 4.07. The number of ether oxygens (including phenoxy) is 1. The van der Waals surface area contributed by atoms with Crippen LogP contribution in [0.3, 0.4) is 0 Å². The van der Waals surface area contributed by atoms with Crippen LogP contribution in [-0.4, -0.2) is 16.7 Å². The van der Waals surface area contributed by atoms with Gasteiger partial charge in [-0.15, -0.1) is 0 Å². The summed E-state index contributed by atoms with van der Waals surface area (Å²) < 4.78 is 5.57. The molecule has 26 heavy (non-hydrogen) atoms. The van der Waals surface area contributed by atoms with E-state index in [9.17, 15) is 9.59 Å². The highest BCUT2D eigenvalue weighted by Gasteiger charge is 2.35. The Bertz CT molecular complexity index is 864. The molecule has 1 heterocycles. The maximum atomic E-state index is 13.3. The SMILES string of the molecule is CC(=O)OC(c1ccccn1)C(C(=O)c1ccccc1)c1ccccc1. The number of hydrogen-bond donors (Lipinski definition) is 0. The second-order valence-electron chi connectivity index (χ2n) is 5.90. The summed E-state index contributed by atoms with van der Waals surface area (Å²) >= 11 is 0. The molecule has 0 aliphatic carbocycles. The normalized spacial score (nSPS) is 12.8. The number of hydrogen-bond acceptors (Lipinski definition) is 4. The molecule has 0 spiro atoms. The van der Waals surface area contributed by atoms with Gasteiger partial charge >= 0.3 is 5.97 Å². The van der Waals surface area contributed by atoms with E-state index in [0.29, 0.717) is 11.3 Å². The van der Waals surface area contributed by atoms with Crippen LogP contribution in [0.25, 0.3) is 0 Å². The van der Waals surface area contributed by atoms with Crippen LogP contribution >= 0.6 is 0 Å². The lowest BCUT2D eigenvalue weighted by Crippen LogP contribution is -2.25. The van der Waals surface area contributed by atoms with Gasteiger partial charge in [0.05, 0.1) is 11.6 Å². The van der Waals surface area contributed by atoms with Crippen LogP contribution in [0.1, 0.15) is 40.6 Å². The fourth-order valence-corrected chi connectivity index (χ4v) is 2.93. The number of benzene rings is 2. The number of pyridine rings is 1. The largest absolute Gasteiger partial charge is 0.455 e. The number of nitrogens with zero attached hydrogens (tertiary/aromatic N) is 1. The van der Waals surface area contributed by atoms with Crippen LogP contribution in [-0.2, 0) is 9.53 Å². The first-order chi connectivity index (χ1) is 12.7. The molecule has 0 radical (unpaired) electrons. The van der Waals surface area contributed by atoms with Crippen LogP contribution in [0.15, 0.2) is 85.1 Å². The highest BCUT2D eigenvalue weighted by Crippen LogP contribution is 2.36. The zero-order valence-corrected chi connectivity index (χ0v) is 14.4. The van der Waals surface area contributed by atoms with Gasteiger partial charge in [-0.05, 0) is 17.7 Å². The van der Waals surface area contributed by atoms with Crippen molar-refractivity contribution in [1.82, 2.24) is 4.98 Å². The monoisotopic (exact) mass is 345 g/mol. The van der Waals surface area contributed by atoms with Crippen LogP contribution in [0, 0.1) is 0 Å². The second-order valence-corrected chi connectivity index (χ2v) is 5.90. The molecule has 0 aliphatic heterocycles. The Balaban J connectivity index is 2.11. The number of ketones is 1. The molecule has 130 valence electrons. The summed E-state index contributed by atoms with van der Waals surface area (Å²) in [6.45, 7) is 1.34. The number of rotatable bonds is 6. The van der Waals surface area contributed by atoms with E-state index in [1.54, 1.807) is 30.5 Å². The van der Waals surface area contributed by atoms with E-state index in [1.165, 1.54) is 6.92 Å². The summed E-state index contributed by atoms with van der Waals surface area (Å²) in [4.78, 5) is 29.4. The molecule has 4 nitrogen and oxygen atoms in total. The predicted octanol–water partition coefficient (Wildman–Crippen LogP) is 4.35. The van der Waals surface area contributed by atoms with Crippen molar-refractivity contribution >= 4 is 11.8 Å². The number of Topliss-reactive ketones (excluding diaryl/α,β-unsaturated/α-hetero) is 1. The van der Waals surface area contributed by atoms with Gasteiger partial charge in [0.2, 0.25) is 0 Å². The summed E-state index contributed by atoms with van der Waals surface area (Å²) in [5.41, 5.74) is 1.88. The third-order valence-electron chi connectivity index (χ3n) is 4.07. The Kier molecular flexibility index (Phi) is 5.54. The van der Waals surface area contributed by atoms with Gasteiger partial charge in [0.25, 0.3) is 0 Å². The molecule has 3 rings (SSSR count). The Morgan fingerprint density at radius 3 is 2.04 bits per heavy atom. The lowest BCUT2D eigenvalue weighted by atomic mass is 9.84. The van der Waals surface area contributed by atoms with Crippen molar-refractivity contribution in [3.63, 3.8) is 0 Å². The minimum absolute atomic E-state index is 0.117. The molecule has 0 N–H and O–H groups in total. The topological polar surface area (TPSA) is 56.3 Å². The van der Waals surface area contributed by atoms with Crippen LogP contribution < -0.4 is 0 Å². The maximum absolute atomic E-state index is 13.3. The van der Waals surface area contributed by atoms with Crippen molar-refractivity contribution in [2.75, 3.05) is 0 Å². The Morgan fingerprint density at radius 2 is 1.46 bits per heavy atom. The number of carbonyl (C=O) groups is 2. The van der Waals surface area contributed by atoms with Crippen molar-refractivity contribution < 1.29 is 14.3 Å². The highest BCUT2D eigenvalue weighted by molar-refractivity contribution is 6.01. The van der Waals surface area contributed by atoms with Gasteiger partial charge in [-0.3, -0.25) is 14.6 Å². The summed E-state index contributed by atoms with van der Waals surface area (Å²) in [6.07, 6.45) is 0.824. The lowest BCUT2D eigenvalue weighted by Gasteiger charge is -2.26. The maximum Gasteiger partial charge on any atom is 0.303 e. The Morgan fingerprint density at radius 1 is 0.846 bits per heavy atom. The first kappa shape index (κ1) is 17.5. The van der Waals surface area contributed by atoms with Crippen LogP contribution in [0.5, 0.6) is 0 Å². The molecule has 0 bridgehead atoms. The minimum atomic E-state index is -0.802. The zero-order chi connectivity index (χ0) is 18.4. The van der Waals surface area contributed by atoms with E-state index >= 15 is 0 Å². The van der Waals surface area contributed by atoms with Gasteiger partial charge in [0.15, 0.2) is 11.9 Å². The zero-order valence-electron chi connectivity index (χ0n) is 14.4. The number of carbonyl (C=O) groups excluding carboxylic acids is 2. The smallest absolute Gasteiger partial charge is 0.303 e. The van der Waals surface area contributed by atoms with E-state index < -0.39 is 18.0 Å². The molecular formula is C22H19NO3. The van der Waals surface area contributed by atoms with E-state index in [-0.39, 0.29) is 5.78 Å². The molecule has 0 amide bonds. The summed E-state index contributed by atoms with van der Waals surface area (Å²) in [5, 5.41) is 0. The molecule has 3 aromatic rings. The first-order valence-corrected chi connectivity index (χ1v) is 8.39. The van der Waals surface area contributed by atoms with Crippen molar-refractivity contribution in [3.8, 4) is 0 Å². The number of aromatic nitrogens is 1. The third kappa shape index (κ3) is 4.03. The second kappa shape index (κ2) is 8.21. The first-order valence-electron chi connectivity index (χ1n) is 8.39. The predicted molar refractivity (Wildman–Crippen MR) is 98.7 cm³/mol. The minimum Gasteiger partial charge on any atom is -0.455 e. The van der Waals surface area contributed by atoms with Gasteiger partial charge in [0, 0.05) is 18.7 Å². The van der Waals surface area contributed by atoms with Gasteiger partial charge in [-0.2, -0.15) is 0 Å². The fraction of sp³-hybridized carbons (Fsp3) is 0.136. The van der Waals surface area contributed by atoms with Gasteiger partial charge in [0.1, 0.15) is 0 Å². The molecule has 2 atom stereocenters. The van der Waals surface area contributed by atoms with Gasteiger partial charge < -0.3 is 4.74 Å². The number of esters is 1. The van der Waals surface area contributed by atoms with Crippen molar-refractivity contribution in [3.05, 3.63) is 102 Å². The molecule has 4 heteroatoms. The van der Waals surface area contributed by atoms with Crippen molar-refractivity contribution in [2.24, 2.45) is 0 Å². The van der Waals surface area contributed by atoms with E-state index in [4.69, 9.17) is 4.74 Å². The van der Waals surface area contributed by atoms with Gasteiger partial charge in [-0.25, -0.2) is 0 Å². The lowest BCUT2D eigenvalue weighted by molar-refractivity contribution is -0.147. The molecule has 0 saturated carbocycles. The summed E-state index contributed by atoms with van der Waals surface area (Å²) in [6, 6.07) is 23.7. The quantitative estimate of drug-likeness (QED) is 0.492. The van der Waals surface area contributed by atoms with Crippen LogP contribution in [0.2, 0.25) is 0 Å². The molecule has 0 aliphatic rings. The summed E-state index contributed by atoms with van der Waals surface area (Å²) in [5.74, 6) is -1.26. The molecule has 0 fully saturated rings. The van der Waals surface area contributed by atoms with Crippen molar-refractivity contribution in [1.29, 1.82) is 0 Å².